The second-order valence-electron chi connectivity index (χ2n) is 5.61. The van der Waals surface area contributed by atoms with E-state index in [9.17, 15) is 4.79 Å². The molecule has 0 heterocycles. The van der Waals surface area contributed by atoms with Gasteiger partial charge < -0.3 is 11.1 Å². The molecule has 0 spiro atoms. The number of nitrogens with two attached hydrogens (primary N) is 1. The normalized spacial score (nSPS) is 25.0. The van der Waals surface area contributed by atoms with E-state index >= 15 is 0 Å². The summed E-state index contributed by atoms with van der Waals surface area (Å²) in [6, 6.07) is 0.267. The molecule has 96 valence electrons. The van der Waals surface area contributed by atoms with Crippen molar-refractivity contribution in [2.24, 2.45) is 17.1 Å². The summed E-state index contributed by atoms with van der Waals surface area (Å²) in [6.07, 6.45) is 7.54. The first kappa shape index (κ1) is 12.8. The highest BCUT2D eigenvalue weighted by atomic mass is 32.1. The summed E-state index contributed by atoms with van der Waals surface area (Å²) < 4.78 is 0. The maximum atomic E-state index is 12.4. The molecule has 1 unspecified atom stereocenters. The van der Waals surface area contributed by atoms with Crippen molar-refractivity contribution in [1.29, 1.82) is 0 Å². The molecule has 4 heteroatoms. The molecule has 2 aliphatic carbocycles. The molecule has 2 aliphatic rings. The van der Waals surface area contributed by atoms with Crippen LogP contribution in [0.4, 0.5) is 0 Å². The van der Waals surface area contributed by atoms with Gasteiger partial charge in [-0.05, 0) is 38.5 Å². The van der Waals surface area contributed by atoms with Crippen molar-refractivity contribution in [1.82, 2.24) is 5.32 Å². The van der Waals surface area contributed by atoms with Gasteiger partial charge in [-0.15, -0.1) is 0 Å². The summed E-state index contributed by atoms with van der Waals surface area (Å²) in [5.74, 6) is 0.727. The van der Waals surface area contributed by atoms with Crippen LogP contribution in [0.5, 0.6) is 0 Å². The van der Waals surface area contributed by atoms with Crippen molar-refractivity contribution in [3.05, 3.63) is 0 Å². The first-order valence-corrected chi connectivity index (χ1v) is 7.08. The first-order valence-electron chi connectivity index (χ1n) is 6.67. The molecule has 0 aromatic heterocycles. The molecule has 3 N–H and O–H groups in total. The Kier molecular flexibility index (Phi) is 3.71. The Morgan fingerprint density at radius 1 is 1.35 bits per heavy atom. The van der Waals surface area contributed by atoms with Crippen LogP contribution in [-0.4, -0.2) is 16.9 Å². The Balaban J connectivity index is 1.99. The van der Waals surface area contributed by atoms with Gasteiger partial charge in [-0.2, -0.15) is 0 Å². The maximum absolute atomic E-state index is 12.4. The Morgan fingerprint density at radius 3 is 2.35 bits per heavy atom. The van der Waals surface area contributed by atoms with E-state index in [-0.39, 0.29) is 11.9 Å². The molecule has 0 saturated heterocycles. The van der Waals surface area contributed by atoms with Gasteiger partial charge in [0.05, 0.1) is 10.4 Å². The lowest BCUT2D eigenvalue weighted by Gasteiger charge is -2.35. The zero-order chi connectivity index (χ0) is 12.5. The van der Waals surface area contributed by atoms with Gasteiger partial charge in [0.1, 0.15) is 0 Å². The van der Waals surface area contributed by atoms with Crippen molar-refractivity contribution >= 4 is 23.1 Å². The number of hydrogen-bond donors (Lipinski definition) is 2. The van der Waals surface area contributed by atoms with Crippen LogP contribution in [0.1, 0.15) is 51.9 Å². The zero-order valence-corrected chi connectivity index (χ0v) is 11.3. The monoisotopic (exact) mass is 254 g/mol. The van der Waals surface area contributed by atoms with Crippen LogP contribution in [-0.2, 0) is 4.79 Å². The minimum Gasteiger partial charge on any atom is -0.392 e. The van der Waals surface area contributed by atoms with Crippen molar-refractivity contribution in [3.8, 4) is 0 Å². The summed E-state index contributed by atoms with van der Waals surface area (Å²) >= 11 is 5.12. The van der Waals surface area contributed by atoms with E-state index in [1.165, 1.54) is 19.3 Å². The number of thiocarbonyl (C=S) groups is 1. The molecule has 2 saturated carbocycles. The fourth-order valence-corrected chi connectivity index (χ4v) is 3.26. The molecule has 2 fully saturated rings. The third-order valence-electron chi connectivity index (χ3n) is 4.58. The lowest BCUT2D eigenvalue weighted by atomic mass is 9.79. The maximum Gasteiger partial charge on any atom is 0.233 e. The molecule has 0 aromatic rings. The van der Waals surface area contributed by atoms with Crippen LogP contribution >= 0.6 is 12.2 Å². The molecule has 17 heavy (non-hydrogen) atoms. The summed E-state index contributed by atoms with van der Waals surface area (Å²) in [6.45, 7) is 2.10. The van der Waals surface area contributed by atoms with E-state index in [0.717, 1.165) is 25.7 Å². The smallest absolute Gasteiger partial charge is 0.233 e. The molecular formula is C13H22N2OS. The van der Waals surface area contributed by atoms with Gasteiger partial charge in [-0.1, -0.05) is 31.5 Å². The van der Waals surface area contributed by atoms with Gasteiger partial charge in [-0.3, -0.25) is 4.79 Å². The van der Waals surface area contributed by atoms with E-state index in [1.54, 1.807) is 0 Å². The van der Waals surface area contributed by atoms with Gasteiger partial charge >= 0.3 is 0 Å². The van der Waals surface area contributed by atoms with Crippen molar-refractivity contribution in [2.45, 2.75) is 57.9 Å². The summed E-state index contributed by atoms with van der Waals surface area (Å²) in [4.78, 5) is 12.8. The van der Waals surface area contributed by atoms with E-state index in [1.807, 2.05) is 0 Å². The fourth-order valence-electron chi connectivity index (χ4n) is 2.97. The minimum atomic E-state index is -0.548. The molecule has 0 bridgehead atoms. The van der Waals surface area contributed by atoms with E-state index in [4.69, 9.17) is 18.0 Å². The number of hydrogen-bond acceptors (Lipinski definition) is 2. The standard InChI is InChI=1S/C13H22N2OS/c1-9(10-5-4-6-10)15-12(16)13(11(14)17)7-2-3-8-13/h9-10H,2-8H2,1H3,(H2,14,17)(H,15,16). The van der Waals surface area contributed by atoms with Gasteiger partial charge in [0.25, 0.3) is 0 Å². The third-order valence-corrected chi connectivity index (χ3v) is 4.97. The lowest BCUT2D eigenvalue weighted by molar-refractivity contribution is -0.128. The van der Waals surface area contributed by atoms with Crippen LogP contribution in [0, 0.1) is 11.3 Å². The van der Waals surface area contributed by atoms with Crippen LogP contribution < -0.4 is 11.1 Å². The summed E-state index contributed by atoms with van der Waals surface area (Å²) in [5, 5.41) is 3.14. The Bertz CT molecular complexity index is 319. The average molecular weight is 254 g/mol. The highest BCUT2D eigenvalue weighted by Gasteiger charge is 2.44. The predicted molar refractivity (Wildman–Crippen MR) is 72.6 cm³/mol. The predicted octanol–water partition coefficient (Wildman–Crippen LogP) is 2.14. The Labute approximate surface area is 109 Å². The lowest BCUT2D eigenvalue weighted by Crippen LogP contribution is -2.51. The number of rotatable bonds is 4. The van der Waals surface area contributed by atoms with E-state index in [0.29, 0.717) is 10.9 Å². The second kappa shape index (κ2) is 4.92. The largest absolute Gasteiger partial charge is 0.392 e. The molecule has 2 rings (SSSR count). The van der Waals surface area contributed by atoms with Crippen LogP contribution in [0.2, 0.25) is 0 Å². The van der Waals surface area contributed by atoms with Crippen molar-refractivity contribution < 1.29 is 4.79 Å². The quantitative estimate of drug-likeness (QED) is 0.756. The molecule has 3 nitrogen and oxygen atoms in total. The zero-order valence-electron chi connectivity index (χ0n) is 10.5. The Hall–Kier alpha value is -0.640. The van der Waals surface area contributed by atoms with Gasteiger partial charge in [0.15, 0.2) is 0 Å². The summed E-state index contributed by atoms with van der Waals surface area (Å²) in [7, 11) is 0. The van der Waals surface area contributed by atoms with Crippen LogP contribution in [0.25, 0.3) is 0 Å². The summed E-state index contributed by atoms with van der Waals surface area (Å²) in [5.41, 5.74) is 5.25. The number of carbonyl (C=O) groups excluding carboxylic acids is 1. The highest BCUT2D eigenvalue weighted by molar-refractivity contribution is 7.80. The van der Waals surface area contributed by atoms with Crippen molar-refractivity contribution in [3.63, 3.8) is 0 Å². The minimum absolute atomic E-state index is 0.0712. The van der Waals surface area contributed by atoms with E-state index in [2.05, 4.69) is 12.2 Å². The molecule has 0 aliphatic heterocycles. The molecule has 0 aromatic carbocycles. The SMILES string of the molecule is CC(NC(=O)C1(C(N)=S)CCCC1)C1CCC1. The van der Waals surface area contributed by atoms with Gasteiger partial charge in [0, 0.05) is 6.04 Å². The number of nitrogens with one attached hydrogen (secondary N) is 1. The number of amides is 1. The topological polar surface area (TPSA) is 55.1 Å². The van der Waals surface area contributed by atoms with Gasteiger partial charge in [0.2, 0.25) is 5.91 Å². The average Bonchev–Trinajstić information content (AvgIpc) is 2.63. The molecule has 1 amide bonds. The number of carbonyl (C=O) groups is 1. The van der Waals surface area contributed by atoms with E-state index < -0.39 is 5.41 Å². The van der Waals surface area contributed by atoms with Gasteiger partial charge in [-0.25, -0.2) is 0 Å². The highest BCUT2D eigenvalue weighted by Crippen LogP contribution is 2.39. The third kappa shape index (κ3) is 2.32. The molecule has 0 radical (unpaired) electrons. The molecule has 1 atom stereocenters. The Morgan fingerprint density at radius 2 is 1.94 bits per heavy atom. The van der Waals surface area contributed by atoms with Crippen molar-refractivity contribution in [2.75, 3.05) is 0 Å². The second-order valence-corrected chi connectivity index (χ2v) is 6.05. The van der Waals surface area contributed by atoms with Crippen LogP contribution in [0.15, 0.2) is 0 Å². The molecular weight excluding hydrogens is 232 g/mol. The first-order chi connectivity index (χ1) is 8.06. The van der Waals surface area contributed by atoms with Crippen LogP contribution in [0.3, 0.4) is 0 Å². The fraction of sp³-hybridized carbons (Fsp3) is 0.846.